The standard InChI is InChI=1S/C19H17N3O3/c23-18(21-16-6-2-1-3-7-16)20-12-4-5-15-8-10-17(11-9-15)22-13-14-25-19(22)24/h1-3,6-11H,12-14H2,(H2,20,21,23). The SMILES string of the molecule is O=C(NCC#Cc1ccc(N2CCOC2=O)cc1)Nc1ccccc1. The molecule has 2 N–H and O–H groups in total. The fourth-order valence-corrected chi connectivity index (χ4v) is 2.32. The van der Waals surface area contributed by atoms with Crippen LogP contribution in [0.1, 0.15) is 5.56 Å². The number of hydrogen-bond donors (Lipinski definition) is 2. The normalized spacial score (nSPS) is 12.8. The van der Waals surface area contributed by atoms with E-state index in [9.17, 15) is 9.59 Å². The summed E-state index contributed by atoms with van der Waals surface area (Å²) >= 11 is 0. The van der Waals surface area contributed by atoms with Gasteiger partial charge in [-0.25, -0.2) is 9.59 Å². The summed E-state index contributed by atoms with van der Waals surface area (Å²) in [5, 5.41) is 5.39. The first-order chi connectivity index (χ1) is 12.2. The van der Waals surface area contributed by atoms with Gasteiger partial charge in [0.25, 0.3) is 0 Å². The molecule has 0 bridgehead atoms. The van der Waals surface area contributed by atoms with Crippen LogP contribution in [0.5, 0.6) is 0 Å². The van der Waals surface area contributed by atoms with Gasteiger partial charge in [0.15, 0.2) is 0 Å². The Kier molecular flexibility index (Phi) is 5.17. The van der Waals surface area contributed by atoms with Crippen LogP contribution in [0, 0.1) is 11.8 Å². The van der Waals surface area contributed by atoms with Gasteiger partial charge in [0, 0.05) is 16.9 Å². The molecule has 126 valence electrons. The fraction of sp³-hybridized carbons (Fsp3) is 0.158. The number of para-hydroxylation sites is 1. The predicted molar refractivity (Wildman–Crippen MR) is 95.5 cm³/mol. The highest BCUT2D eigenvalue weighted by atomic mass is 16.6. The predicted octanol–water partition coefficient (Wildman–Crippen LogP) is 2.82. The van der Waals surface area contributed by atoms with E-state index in [1.54, 1.807) is 4.90 Å². The van der Waals surface area contributed by atoms with E-state index >= 15 is 0 Å². The summed E-state index contributed by atoms with van der Waals surface area (Å²) in [4.78, 5) is 24.8. The van der Waals surface area contributed by atoms with Crippen molar-refractivity contribution in [3.8, 4) is 11.8 Å². The average Bonchev–Trinajstić information content (AvgIpc) is 3.06. The Morgan fingerprint density at radius 3 is 2.56 bits per heavy atom. The zero-order chi connectivity index (χ0) is 17.5. The third-order valence-corrected chi connectivity index (χ3v) is 3.54. The molecule has 0 aliphatic carbocycles. The van der Waals surface area contributed by atoms with E-state index in [2.05, 4.69) is 22.5 Å². The van der Waals surface area contributed by atoms with E-state index in [1.165, 1.54) is 0 Å². The zero-order valence-electron chi connectivity index (χ0n) is 13.5. The van der Waals surface area contributed by atoms with E-state index in [1.807, 2.05) is 54.6 Å². The molecule has 1 aliphatic heterocycles. The first-order valence-electron chi connectivity index (χ1n) is 7.85. The number of benzene rings is 2. The lowest BCUT2D eigenvalue weighted by Gasteiger charge is -2.11. The van der Waals surface area contributed by atoms with Gasteiger partial charge in [-0.2, -0.15) is 0 Å². The maximum absolute atomic E-state index is 11.7. The van der Waals surface area contributed by atoms with Crippen LogP contribution >= 0.6 is 0 Å². The molecule has 2 aromatic carbocycles. The molecule has 0 unspecified atom stereocenters. The van der Waals surface area contributed by atoms with Crippen LogP contribution in [0.3, 0.4) is 0 Å². The summed E-state index contributed by atoms with van der Waals surface area (Å²) in [6.07, 6.45) is -0.326. The third-order valence-electron chi connectivity index (χ3n) is 3.54. The van der Waals surface area contributed by atoms with Crippen LogP contribution in [0.15, 0.2) is 54.6 Å². The molecular formula is C19H17N3O3. The summed E-state index contributed by atoms with van der Waals surface area (Å²) in [6.45, 7) is 1.21. The largest absolute Gasteiger partial charge is 0.447 e. The monoisotopic (exact) mass is 335 g/mol. The van der Waals surface area contributed by atoms with E-state index in [4.69, 9.17) is 4.74 Å². The summed E-state index contributed by atoms with van der Waals surface area (Å²) in [5.74, 6) is 5.85. The molecule has 0 atom stereocenters. The Morgan fingerprint density at radius 1 is 1.12 bits per heavy atom. The van der Waals surface area contributed by atoms with Gasteiger partial charge in [0.2, 0.25) is 0 Å². The molecule has 1 aliphatic rings. The highest BCUT2D eigenvalue weighted by Gasteiger charge is 2.23. The van der Waals surface area contributed by atoms with Crippen molar-refractivity contribution in [1.29, 1.82) is 0 Å². The van der Waals surface area contributed by atoms with Gasteiger partial charge >= 0.3 is 12.1 Å². The third kappa shape index (κ3) is 4.52. The van der Waals surface area contributed by atoms with Gasteiger partial charge in [0.1, 0.15) is 6.61 Å². The number of rotatable bonds is 3. The number of nitrogens with zero attached hydrogens (tertiary/aromatic N) is 1. The number of ether oxygens (including phenoxy) is 1. The smallest absolute Gasteiger partial charge is 0.414 e. The van der Waals surface area contributed by atoms with E-state index < -0.39 is 0 Å². The molecule has 0 spiro atoms. The quantitative estimate of drug-likeness (QED) is 0.848. The van der Waals surface area contributed by atoms with Crippen molar-refractivity contribution in [3.63, 3.8) is 0 Å². The molecule has 6 nitrogen and oxygen atoms in total. The fourth-order valence-electron chi connectivity index (χ4n) is 2.32. The van der Waals surface area contributed by atoms with Crippen LogP contribution in [-0.4, -0.2) is 31.8 Å². The molecule has 0 saturated carbocycles. The molecule has 0 radical (unpaired) electrons. The van der Waals surface area contributed by atoms with E-state index in [0.717, 1.165) is 16.9 Å². The first kappa shape index (κ1) is 16.4. The number of carbonyl (C=O) groups excluding carboxylic acids is 2. The molecule has 3 amide bonds. The van der Waals surface area contributed by atoms with Crippen molar-refractivity contribution in [2.24, 2.45) is 0 Å². The van der Waals surface area contributed by atoms with Gasteiger partial charge in [-0.3, -0.25) is 4.90 Å². The minimum atomic E-state index is -0.326. The maximum atomic E-state index is 11.7. The zero-order valence-corrected chi connectivity index (χ0v) is 13.5. The lowest BCUT2D eigenvalue weighted by molar-refractivity contribution is 0.181. The Labute approximate surface area is 145 Å². The van der Waals surface area contributed by atoms with Crippen molar-refractivity contribution in [1.82, 2.24) is 5.32 Å². The van der Waals surface area contributed by atoms with Gasteiger partial charge < -0.3 is 15.4 Å². The second kappa shape index (κ2) is 7.88. The molecule has 1 fully saturated rings. The highest BCUT2D eigenvalue weighted by Crippen LogP contribution is 2.18. The van der Waals surface area contributed by atoms with Gasteiger partial charge in [-0.05, 0) is 36.4 Å². The van der Waals surface area contributed by atoms with Gasteiger partial charge in [-0.15, -0.1) is 0 Å². The van der Waals surface area contributed by atoms with Crippen LogP contribution in [-0.2, 0) is 4.74 Å². The topological polar surface area (TPSA) is 70.7 Å². The summed E-state index contributed by atoms with van der Waals surface area (Å²) < 4.78 is 4.91. The molecule has 6 heteroatoms. The number of amides is 3. The van der Waals surface area contributed by atoms with Gasteiger partial charge in [0.05, 0.1) is 13.1 Å². The van der Waals surface area contributed by atoms with Crippen LogP contribution < -0.4 is 15.5 Å². The number of urea groups is 1. The van der Waals surface area contributed by atoms with Crippen molar-refractivity contribution in [2.45, 2.75) is 0 Å². The average molecular weight is 335 g/mol. The lowest BCUT2D eigenvalue weighted by Crippen LogP contribution is -2.28. The Morgan fingerprint density at radius 2 is 1.88 bits per heavy atom. The van der Waals surface area contributed by atoms with E-state index in [-0.39, 0.29) is 18.7 Å². The van der Waals surface area contributed by atoms with Crippen molar-refractivity contribution in [3.05, 3.63) is 60.2 Å². The highest BCUT2D eigenvalue weighted by molar-refractivity contribution is 5.89. The minimum absolute atomic E-state index is 0.235. The van der Waals surface area contributed by atoms with Crippen LogP contribution in [0.2, 0.25) is 0 Å². The summed E-state index contributed by atoms with van der Waals surface area (Å²) in [6, 6.07) is 16.2. The molecule has 2 aromatic rings. The Hall–Kier alpha value is -3.46. The van der Waals surface area contributed by atoms with Crippen LogP contribution in [0.4, 0.5) is 21.0 Å². The summed E-state index contributed by atoms with van der Waals surface area (Å²) in [7, 11) is 0. The number of anilines is 2. The van der Waals surface area contributed by atoms with Crippen molar-refractivity contribution in [2.75, 3.05) is 29.9 Å². The Balaban J connectivity index is 1.48. The minimum Gasteiger partial charge on any atom is -0.447 e. The molecular weight excluding hydrogens is 318 g/mol. The summed E-state index contributed by atoms with van der Waals surface area (Å²) in [5.41, 5.74) is 2.32. The molecule has 1 saturated heterocycles. The molecule has 3 rings (SSSR count). The maximum Gasteiger partial charge on any atom is 0.414 e. The molecule has 25 heavy (non-hydrogen) atoms. The lowest BCUT2D eigenvalue weighted by atomic mass is 10.2. The van der Waals surface area contributed by atoms with Gasteiger partial charge in [-0.1, -0.05) is 30.0 Å². The van der Waals surface area contributed by atoms with Crippen molar-refractivity contribution >= 4 is 23.5 Å². The molecule has 1 heterocycles. The second-order valence-corrected chi connectivity index (χ2v) is 5.29. The van der Waals surface area contributed by atoms with E-state index in [0.29, 0.717) is 13.2 Å². The Bertz CT molecular complexity index is 807. The van der Waals surface area contributed by atoms with Crippen LogP contribution in [0.25, 0.3) is 0 Å². The number of nitrogens with one attached hydrogen (secondary N) is 2. The first-order valence-corrected chi connectivity index (χ1v) is 7.85. The second-order valence-electron chi connectivity index (χ2n) is 5.29. The van der Waals surface area contributed by atoms with Crippen molar-refractivity contribution < 1.29 is 14.3 Å². The number of cyclic esters (lactones) is 1. The molecule has 0 aromatic heterocycles. The number of carbonyl (C=O) groups is 2. The number of hydrogen-bond acceptors (Lipinski definition) is 3.